The van der Waals surface area contributed by atoms with E-state index in [2.05, 4.69) is 5.32 Å². The van der Waals surface area contributed by atoms with Gasteiger partial charge in [0.05, 0.1) is 11.3 Å². The highest BCUT2D eigenvalue weighted by atomic mass is 19.4. The number of alkyl halides is 3. The van der Waals surface area contributed by atoms with Gasteiger partial charge in [0, 0.05) is 6.54 Å². The summed E-state index contributed by atoms with van der Waals surface area (Å²) in [5.41, 5.74) is 0.0488. The second kappa shape index (κ2) is 5.83. The fourth-order valence-electron chi connectivity index (χ4n) is 1.79. The van der Waals surface area contributed by atoms with Crippen LogP contribution < -0.4 is 5.32 Å². The van der Waals surface area contributed by atoms with Gasteiger partial charge < -0.3 is 5.32 Å². The fraction of sp³-hybridized carbons (Fsp3) is 0.133. The van der Waals surface area contributed by atoms with E-state index in [0.29, 0.717) is 11.3 Å². The molecule has 21 heavy (non-hydrogen) atoms. The number of benzene rings is 2. The molecule has 0 atom stereocenters. The summed E-state index contributed by atoms with van der Waals surface area (Å²) < 4.78 is 50.6. The van der Waals surface area contributed by atoms with Gasteiger partial charge in [-0.1, -0.05) is 18.2 Å². The zero-order valence-electron chi connectivity index (χ0n) is 10.7. The minimum atomic E-state index is -4.37. The number of rotatable bonds is 3. The van der Waals surface area contributed by atoms with Crippen LogP contribution in [0.5, 0.6) is 0 Å². The van der Waals surface area contributed by atoms with Gasteiger partial charge >= 0.3 is 6.18 Å². The van der Waals surface area contributed by atoms with Gasteiger partial charge in [-0.2, -0.15) is 18.4 Å². The maximum Gasteiger partial charge on any atom is 0.416 e. The molecule has 2 rings (SSSR count). The first-order valence-corrected chi connectivity index (χ1v) is 6.00. The van der Waals surface area contributed by atoms with Crippen LogP contribution in [0.15, 0.2) is 42.5 Å². The van der Waals surface area contributed by atoms with E-state index in [-0.39, 0.29) is 12.1 Å². The van der Waals surface area contributed by atoms with E-state index < -0.39 is 17.6 Å². The molecule has 6 heteroatoms. The first kappa shape index (κ1) is 14.9. The second-order valence-corrected chi connectivity index (χ2v) is 4.32. The molecule has 2 aromatic rings. The molecule has 0 aliphatic rings. The van der Waals surface area contributed by atoms with Gasteiger partial charge in [0.15, 0.2) is 0 Å². The molecule has 0 unspecified atom stereocenters. The molecule has 0 bridgehead atoms. The van der Waals surface area contributed by atoms with E-state index in [4.69, 9.17) is 5.26 Å². The summed E-state index contributed by atoms with van der Waals surface area (Å²) in [4.78, 5) is 0. The van der Waals surface area contributed by atoms with Crippen molar-refractivity contribution in [3.05, 3.63) is 65.0 Å². The van der Waals surface area contributed by atoms with Crippen molar-refractivity contribution in [2.45, 2.75) is 12.7 Å². The van der Waals surface area contributed by atoms with Crippen molar-refractivity contribution in [2.24, 2.45) is 0 Å². The Kier molecular flexibility index (Phi) is 4.13. The first-order valence-electron chi connectivity index (χ1n) is 6.00. The lowest BCUT2D eigenvalue weighted by Gasteiger charge is -2.10. The van der Waals surface area contributed by atoms with Crippen molar-refractivity contribution < 1.29 is 17.6 Å². The van der Waals surface area contributed by atoms with Crippen LogP contribution in [0.1, 0.15) is 16.7 Å². The Bertz CT molecular complexity index is 670. The molecule has 0 aromatic heterocycles. The van der Waals surface area contributed by atoms with Gasteiger partial charge in [0.1, 0.15) is 17.4 Å². The van der Waals surface area contributed by atoms with E-state index in [0.717, 1.165) is 12.1 Å². The van der Waals surface area contributed by atoms with Crippen molar-refractivity contribution in [1.82, 2.24) is 0 Å². The Hall–Kier alpha value is -2.55. The molecule has 0 saturated carbocycles. The van der Waals surface area contributed by atoms with Crippen LogP contribution in [-0.2, 0) is 12.7 Å². The first-order chi connectivity index (χ1) is 9.91. The highest BCUT2D eigenvalue weighted by molar-refractivity contribution is 5.58. The largest absolute Gasteiger partial charge is 0.416 e. The zero-order valence-corrected chi connectivity index (χ0v) is 10.7. The van der Waals surface area contributed by atoms with E-state index in [9.17, 15) is 17.6 Å². The third-order valence-electron chi connectivity index (χ3n) is 2.89. The van der Waals surface area contributed by atoms with Crippen molar-refractivity contribution in [3.63, 3.8) is 0 Å². The second-order valence-electron chi connectivity index (χ2n) is 4.32. The van der Waals surface area contributed by atoms with Crippen LogP contribution >= 0.6 is 0 Å². The lowest BCUT2D eigenvalue weighted by molar-refractivity contribution is -0.137. The molecular weight excluding hydrogens is 284 g/mol. The molecule has 0 aliphatic carbocycles. The fourth-order valence-corrected chi connectivity index (χ4v) is 1.79. The third kappa shape index (κ3) is 3.51. The highest BCUT2D eigenvalue weighted by Gasteiger charge is 2.29. The van der Waals surface area contributed by atoms with Crippen molar-refractivity contribution in [3.8, 4) is 6.07 Å². The van der Waals surface area contributed by atoms with Crippen LogP contribution in [0, 0.1) is 17.1 Å². The molecule has 0 aliphatic heterocycles. The smallest absolute Gasteiger partial charge is 0.380 e. The summed E-state index contributed by atoms with van der Waals surface area (Å²) in [6.07, 6.45) is -4.37. The minimum Gasteiger partial charge on any atom is -0.380 e. The molecule has 2 nitrogen and oxygen atoms in total. The maximum absolute atomic E-state index is 13.4. The molecule has 1 N–H and O–H groups in total. The SMILES string of the molecule is N#Cc1c(F)cccc1NCc1ccc(C(F)(F)F)cc1. The van der Waals surface area contributed by atoms with Crippen LogP contribution in [0.4, 0.5) is 23.2 Å². The molecule has 0 spiro atoms. The minimum absolute atomic E-state index is 0.121. The van der Waals surface area contributed by atoms with Crippen molar-refractivity contribution in [1.29, 1.82) is 5.26 Å². The van der Waals surface area contributed by atoms with Gasteiger partial charge in [0.25, 0.3) is 0 Å². The summed E-state index contributed by atoms with van der Waals surface area (Å²) in [5.74, 6) is -0.644. The van der Waals surface area contributed by atoms with Gasteiger partial charge in [0.2, 0.25) is 0 Å². The van der Waals surface area contributed by atoms with E-state index in [1.165, 1.54) is 30.3 Å². The molecular formula is C15H10F4N2. The Morgan fingerprint density at radius 1 is 1.05 bits per heavy atom. The molecule has 0 amide bonds. The number of hydrogen-bond acceptors (Lipinski definition) is 2. The monoisotopic (exact) mass is 294 g/mol. The predicted molar refractivity (Wildman–Crippen MR) is 69.9 cm³/mol. The van der Waals surface area contributed by atoms with Gasteiger partial charge in [-0.15, -0.1) is 0 Å². The Morgan fingerprint density at radius 2 is 1.71 bits per heavy atom. The molecule has 0 radical (unpaired) electrons. The normalized spacial score (nSPS) is 11.0. The number of nitrogens with zero attached hydrogens (tertiary/aromatic N) is 1. The highest BCUT2D eigenvalue weighted by Crippen LogP contribution is 2.29. The van der Waals surface area contributed by atoms with E-state index in [1.807, 2.05) is 0 Å². The number of halogens is 4. The van der Waals surface area contributed by atoms with Gasteiger partial charge in [-0.25, -0.2) is 4.39 Å². The van der Waals surface area contributed by atoms with Crippen LogP contribution in [0.3, 0.4) is 0 Å². The Morgan fingerprint density at radius 3 is 2.29 bits per heavy atom. The predicted octanol–water partition coefficient (Wildman–Crippen LogP) is 4.33. The lowest BCUT2D eigenvalue weighted by atomic mass is 10.1. The average Bonchev–Trinajstić information content (AvgIpc) is 2.44. The van der Waals surface area contributed by atoms with Crippen LogP contribution in [-0.4, -0.2) is 0 Å². The van der Waals surface area contributed by atoms with E-state index in [1.54, 1.807) is 6.07 Å². The summed E-state index contributed by atoms with van der Waals surface area (Å²) in [6, 6.07) is 10.5. The average molecular weight is 294 g/mol. The van der Waals surface area contributed by atoms with Crippen molar-refractivity contribution >= 4 is 5.69 Å². The molecule has 0 fully saturated rings. The van der Waals surface area contributed by atoms with Crippen molar-refractivity contribution in [2.75, 3.05) is 5.32 Å². The molecule has 0 saturated heterocycles. The summed E-state index contributed by atoms with van der Waals surface area (Å²) in [7, 11) is 0. The summed E-state index contributed by atoms with van der Waals surface area (Å²) in [5, 5.41) is 11.7. The number of nitriles is 1. The summed E-state index contributed by atoms with van der Waals surface area (Å²) >= 11 is 0. The van der Waals surface area contributed by atoms with Gasteiger partial charge in [-0.3, -0.25) is 0 Å². The van der Waals surface area contributed by atoms with E-state index >= 15 is 0 Å². The number of hydrogen-bond donors (Lipinski definition) is 1. The van der Waals surface area contributed by atoms with Crippen LogP contribution in [0.2, 0.25) is 0 Å². The zero-order chi connectivity index (χ0) is 15.5. The van der Waals surface area contributed by atoms with Crippen LogP contribution in [0.25, 0.3) is 0 Å². The van der Waals surface area contributed by atoms with Gasteiger partial charge in [-0.05, 0) is 29.8 Å². The quantitative estimate of drug-likeness (QED) is 0.855. The molecule has 2 aromatic carbocycles. The molecule has 108 valence electrons. The maximum atomic E-state index is 13.4. The Labute approximate surface area is 118 Å². The topological polar surface area (TPSA) is 35.8 Å². The number of nitrogens with one attached hydrogen (secondary N) is 1. The summed E-state index contributed by atoms with van der Waals surface area (Å²) in [6.45, 7) is 0.191. The standard InChI is InChI=1S/C15H10F4N2/c16-13-2-1-3-14(12(13)8-20)21-9-10-4-6-11(7-5-10)15(17,18)19/h1-7,21H,9H2. The molecule has 0 heterocycles. The lowest BCUT2D eigenvalue weighted by Crippen LogP contribution is -2.06. The Balaban J connectivity index is 2.11. The third-order valence-corrected chi connectivity index (χ3v) is 2.89. The number of anilines is 1.